The molecule has 0 radical (unpaired) electrons. The summed E-state index contributed by atoms with van der Waals surface area (Å²) < 4.78 is 0.964. The number of carbonyl (C=O) groups excluding carboxylic acids is 1. The molecule has 0 heterocycles. The molecule has 0 aliphatic heterocycles. The summed E-state index contributed by atoms with van der Waals surface area (Å²) in [6, 6.07) is 5.79. The van der Waals surface area contributed by atoms with Crippen LogP contribution in [0.25, 0.3) is 0 Å². The lowest BCUT2D eigenvalue weighted by atomic mass is 10.1. The lowest BCUT2D eigenvalue weighted by Gasteiger charge is -2.20. The fourth-order valence-electron chi connectivity index (χ4n) is 1.57. The van der Waals surface area contributed by atoms with E-state index in [1.165, 1.54) is 0 Å². The second-order valence-electron chi connectivity index (χ2n) is 5.46. The minimum Gasteiger partial charge on any atom is -0.351 e. The molecule has 0 fully saturated rings. The topological polar surface area (TPSA) is 41.1 Å². The smallest absolute Gasteiger partial charge is 0.221 e. The second kappa shape index (κ2) is 7.27. The zero-order valence-electron chi connectivity index (χ0n) is 11.5. The lowest BCUT2D eigenvalue weighted by Crippen LogP contribution is -2.41. The highest BCUT2D eigenvalue weighted by atomic mass is 79.9. The van der Waals surface area contributed by atoms with Crippen LogP contribution in [0.15, 0.2) is 22.7 Å². The van der Waals surface area contributed by atoms with Gasteiger partial charge in [-0.2, -0.15) is 0 Å². The molecule has 0 aliphatic rings. The van der Waals surface area contributed by atoms with Crippen molar-refractivity contribution in [2.45, 2.75) is 39.3 Å². The Labute approximate surface area is 128 Å². The van der Waals surface area contributed by atoms with Crippen molar-refractivity contribution in [1.29, 1.82) is 0 Å². The average molecular weight is 348 g/mol. The van der Waals surface area contributed by atoms with Crippen molar-refractivity contribution in [2.75, 3.05) is 6.54 Å². The van der Waals surface area contributed by atoms with Crippen molar-refractivity contribution in [3.63, 3.8) is 0 Å². The van der Waals surface area contributed by atoms with E-state index in [-0.39, 0.29) is 11.4 Å². The number of hydrogen-bond acceptors (Lipinski definition) is 2. The summed E-state index contributed by atoms with van der Waals surface area (Å²) in [5, 5.41) is 6.87. The Morgan fingerprint density at radius 1 is 1.37 bits per heavy atom. The molecule has 2 N–H and O–H groups in total. The molecule has 0 unspecified atom stereocenters. The third-order valence-electron chi connectivity index (χ3n) is 2.37. The van der Waals surface area contributed by atoms with Crippen molar-refractivity contribution < 1.29 is 4.79 Å². The first-order valence-corrected chi connectivity index (χ1v) is 7.41. The van der Waals surface area contributed by atoms with Gasteiger partial charge in [0.15, 0.2) is 0 Å². The molecule has 0 saturated heterocycles. The number of nitrogens with one attached hydrogen (secondary N) is 2. The van der Waals surface area contributed by atoms with E-state index >= 15 is 0 Å². The Morgan fingerprint density at radius 3 is 2.63 bits per heavy atom. The summed E-state index contributed by atoms with van der Waals surface area (Å²) in [5.74, 6) is 0.0573. The molecule has 1 aromatic carbocycles. The zero-order chi connectivity index (χ0) is 14.5. The summed E-state index contributed by atoms with van der Waals surface area (Å²) in [4.78, 5) is 11.6. The average Bonchev–Trinajstić information content (AvgIpc) is 2.24. The normalized spacial score (nSPS) is 11.4. The van der Waals surface area contributed by atoms with E-state index in [0.29, 0.717) is 19.5 Å². The van der Waals surface area contributed by atoms with E-state index < -0.39 is 0 Å². The van der Waals surface area contributed by atoms with Gasteiger partial charge >= 0.3 is 0 Å². The van der Waals surface area contributed by atoms with E-state index in [4.69, 9.17) is 11.6 Å². The Morgan fingerprint density at radius 2 is 2.05 bits per heavy atom. The fourth-order valence-corrected chi connectivity index (χ4v) is 2.31. The SMILES string of the molecule is CC(C)(C)NC(=O)CCNCc1ccc(Br)cc1Cl. The van der Waals surface area contributed by atoms with E-state index in [0.717, 1.165) is 15.1 Å². The largest absolute Gasteiger partial charge is 0.351 e. The number of halogens is 2. The van der Waals surface area contributed by atoms with Crippen LogP contribution in [0.3, 0.4) is 0 Å². The predicted octanol–water partition coefficient (Wildman–Crippen LogP) is 3.50. The molecule has 1 amide bonds. The summed E-state index contributed by atoms with van der Waals surface area (Å²) >= 11 is 9.48. The first-order valence-electron chi connectivity index (χ1n) is 6.23. The maximum Gasteiger partial charge on any atom is 0.221 e. The van der Waals surface area contributed by atoms with Gasteiger partial charge in [0.05, 0.1) is 0 Å². The summed E-state index contributed by atoms with van der Waals surface area (Å²) in [5.41, 5.74) is 0.854. The maximum absolute atomic E-state index is 11.6. The maximum atomic E-state index is 11.6. The molecule has 0 spiro atoms. The quantitative estimate of drug-likeness (QED) is 0.801. The molecule has 0 aliphatic carbocycles. The van der Waals surface area contributed by atoms with Crippen LogP contribution in [-0.4, -0.2) is 18.0 Å². The standard InChI is InChI=1S/C14H20BrClN2O/c1-14(2,3)18-13(19)6-7-17-9-10-4-5-11(15)8-12(10)16/h4-5,8,17H,6-7,9H2,1-3H3,(H,18,19). The summed E-state index contributed by atoms with van der Waals surface area (Å²) in [6.45, 7) is 7.21. The molecule has 1 aromatic rings. The van der Waals surface area contributed by atoms with Crippen molar-refractivity contribution in [1.82, 2.24) is 10.6 Å². The first-order chi connectivity index (χ1) is 8.78. The molecular weight excluding hydrogens is 328 g/mol. The molecular formula is C14H20BrClN2O. The van der Waals surface area contributed by atoms with Crippen LogP contribution in [0.5, 0.6) is 0 Å². The van der Waals surface area contributed by atoms with Gasteiger partial charge in [-0.1, -0.05) is 33.6 Å². The number of carbonyl (C=O) groups is 1. The van der Waals surface area contributed by atoms with Crippen molar-refractivity contribution >= 4 is 33.4 Å². The first kappa shape index (κ1) is 16.5. The fraction of sp³-hybridized carbons (Fsp3) is 0.500. The van der Waals surface area contributed by atoms with Gasteiger partial charge in [0.2, 0.25) is 5.91 Å². The lowest BCUT2D eigenvalue weighted by molar-refractivity contribution is -0.122. The molecule has 19 heavy (non-hydrogen) atoms. The minimum atomic E-state index is -0.175. The molecule has 1 rings (SSSR count). The Bertz CT molecular complexity index is 444. The highest BCUT2D eigenvalue weighted by Gasteiger charge is 2.12. The number of hydrogen-bond donors (Lipinski definition) is 2. The third kappa shape index (κ3) is 6.95. The Kier molecular flexibility index (Phi) is 6.30. The van der Waals surface area contributed by atoms with Gasteiger partial charge in [-0.25, -0.2) is 0 Å². The molecule has 0 aromatic heterocycles. The number of benzene rings is 1. The van der Waals surface area contributed by atoms with Crippen LogP contribution < -0.4 is 10.6 Å². The molecule has 0 bridgehead atoms. The molecule has 5 heteroatoms. The van der Waals surface area contributed by atoms with Gasteiger partial charge in [0.1, 0.15) is 0 Å². The van der Waals surface area contributed by atoms with Crippen LogP contribution >= 0.6 is 27.5 Å². The Balaban J connectivity index is 2.29. The van der Waals surface area contributed by atoms with Crippen LogP contribution in [0.1, 0.15) is 32.8 Å². The van der Waals surface area contributed by atoms with Gasteiger partial charge in [0.25, 0.3) is 0 Å². The summed E-state index contributed by atoms with van der Waals surface area (Å²) in [7, 11) is 0. The predicted molar refractivity (Wildman–Crippen MR) is 83.4 cm³/mol. The van der Waals surface area contributed by atoms with Gasteiger partial charge in [0, 0.05) is 34.5 Å². The van der Waals surface area contributed by atoms with Gasteiger partial charge in [-0.15, -0.1) is 0 Å². The van der Waals surface area contributed by atoms with Crippen LogP contribution in [-0.2, 0) is 11.3 Å². The van der Waals surface area contributed by atoms with Gasteiger partial charge < -0.3 is 10.6 Å². The molecule has 0 atom stereocenters. The number of amides is 1. The molecule has 3 nitrogen and oxygen atoms in total. The van der Waals surface area contributed by atoms with E-state index in [2.05, 4.69) is 26.6 Å². The highest BCUT2D eigenvalue weighted by Crippen LogP contribution is 2.21. The minimum absolute atomic E-state index is 0.0573. The van der Waals surface area contributed by atoms with Crippen molar-refractivity contribution in [3.05, 3.63) is 33.3 Å². The Hall–Kier alpha value is -0.580. The summed E-state index contributed by atoms with van der Waals surface area (Å²) in [6.07, 6.45) is 0.464. The second-order valence-corrected chi connectivity index (χ2v) is 6.78. The van der Waals surface area contributed by atoms with E-state index in [1.807, 2.05) is 39.0 Å². The van der Waals surface area contributed by atoms with Crippen LogP contribution in [0, 0.1) is 0 Å². The van der Waals surface area contributed by atoms with Crippen molar-refractivity contribution in [2.24, 2.45) is 0 Å². The number of rotatable bonds is 5. The van der Waals surface area contributed by atoms with Crippen molar-refractivity contribution in [3.8, 4) is 0 Å². The molecule has 106 valence electrons. The van der Waals surface area contributed by atoms with E-state index in [1.54, 1.807) is 0 Å². The monoisotopic (exact) mass is 346 g/mol. The van der Waals surface area contributed by atoms with Gasteiger partial charge in [-0.05, 0) is 38.5 Å². The van der Waals surface area contributed by atoms with Crippen LogP contribution in [0.2, 0.25) is 5.02 Å². The molecule has 0 saturated carbocycles. The van der Waals surface area contributed by atoms with Crippen LogP contribution in [0.4, 0.5) is 0 Å². The highest BCUT2D eigenvalue weighted by molar-refractivity contribution is 9.10. The van der Waals surface area contributed by atoms with Gasteiger partial charge in [-0.3, -0.25) is 4.79 Å². The van der Waals surface area contributed by atoms with E-state index in [9.17, 15) is 4.79 Å². The third-order valence-corrected chi connectivity index (χ3v) is 3.22. The zero-order valence-corrected chi connectivity index (χ0v) is 13.9.